The van der Waals surface area contributed by atoms with Crippen molar-refractivity contribution < 1.29 is 14.7 Å². The molecule has 0 saturated heterocycles. The molecule has 2 rings (SSSR count). The highest BCUT2D eigenvalue weighted by Gasteiger charge is 2.40. The van der Waals surface area contributed by atoms with Gasteiger partial charge in [-0.3, -0.25) is 9.59 Å². The number of rotatable bonds is 1. The molecule has 1 aromatic rings. The van der Waals surface area contributed by atoms with Crippen LogP contribution >= 0.6 is 11.6 Å². The summed E-state index contributed by atoms with van der Waals surface area (Å²) in [6.07, 6.45) is 0. The van der Waals surface area contributed by atoms with Crippen LogP contribution in [0.4, 0.5) is 5.69 Å². The van der Waals surface area contributed by atoms with Crippen molar-refractivity contribution in [3.05, 3.63) is 28.8 Å². The summed E-state index contributed by atoms with van der Waals surface area (Å²) in [5, 5.41) is 9.42. The number of likely N-dealkylation sites (N-methyl/N-ethyl adjacent to an activating group) is 1. The van der Waals surface area contributed by atoms with Crippen molar-refractivity contribution in [2.24, 2.45) is 0 Å². The number of benzene rings is 1. The fourth-order valence-electron chi connectivity index (χ4n) is 1.74. The van der Waals surface area contributed by atoms with E-state index in [9.17, 15) is 9.59 Å². The van der Waals surface area contributed by atoms with E-state index in [0.29, 0.717) is 16.3 Å². The van der Waals surface area contributed by atoms with Gasteiger partial charge in [0.1, 0.15) is 0 Å². The first-order valence-electron chi connectivity index (χ1n) is 4.32. The van der Waals surface area contributed by atoms with Crippen LogP contribution in [-0.4, -0.2) is 24.0 Å². The molecule has 1 aliphatic heterocycles. The first-order chi connectivity index (χ1) is 7.02. The fourth-order valence-corrected chi connectivity index (χ4v) is 1.90. The predicted octanol–water partition coefficient (Wildman–Crippen LogP) is 1.48. The lowest BCUT2D eigenvalue weighted by Crippen LogP contribution is -2.27. The third-order valence-electron chi connectivity index (χ3n) is 2.49. The Labute approximate surface area is 91.1 Å². The Morgan fingerprint density at radius 3 is 2.80 bits per heavy atom. The third kappa shape index (κ3) is 1.37. The number of halogens is 1. The Bertz CT molecular complexity index is 458. The van der Waals surface area contributed by atoms with E-state index in [1.54, 1.807) is 25.2 Å². The average molecular weight is 226 g/mol. The molecular weight excluding hydrogens is 218 g/mol. The van der Waals surface area contributed by atoms with Gasteiger partial charge in [0.25, 0.3) is 0 Å². The molecule has 0 aromatic heterocycles. The number of carbonyl (C=O) groups excluding carboxylic acids is 1. The lowest BCUT2D eigenvalue weighted by molar-refractivity contribution is -0.141. The molecule has 1 atom stereocenters. The van der Waals surface area contributed by atoms with E-state index in [0.717, 1.165) is 0 Å². The minimum atomic E-state index is -1.13. The summed E-state index contributed by atoms with van der Waals surface area (Å²) in [5.41, 5.74) is 1.07. The van der Waals surface area contributed by atoms with Gasteiger partial charge in [0.05, 0.1) is 0 Å². The van der Waals surface area contributed by atoms with Crippen LogP contribution in [0, 0.1) is 0 Å². The Hall–Kier alpha value is -1.55. The highest BCUT2D eigenvalue weighted by molar-refractivity contribution is 6.31. The molecule has 0 aliphatic carbocycles. The molecular formula is C10H8ClNO3. The molecule has 1 aromatic carbocycles. The van der Waals surface area contributed by atoms with Gasteiger partial charge in [0.2, 0.25) is 5.91 Å². The van der Waals surface area contributed by atoms with Crippen LogP contribution < -0.4 is 4.90 Å². The Morgan fingerprint density at radius 2 is 2.20 bits per heavy atom. The van der Waals surface area contributed by atoms with E-state index >= 15 is 0 Å². The highest BCUT2D eigenvalue weighted by Crippen LogP contribution is 2.37. The first-order valence-corrected chi connectivity index (χ1v) is 4.70. The highest BCUT2D eigenvalue weighted by atomic mass is 35.5. The second-order valence-electron chi connectivity index (χ2n) is 3.37. The van der Waals surface area contributed by atoms with Crippen molar-refractivity contribution >= 4 is 29.2 Å². The van der Waals surface area contributed by atoms with Gasteiger partial charge in [-0.25, -0.2) is 0 Å². The van der Waals surface area contributed by atoms with Crippen LogP contribution in [0.25, 0.3) is 0 Å². The minimum absolute atomic E-state index is 0.431. The SMILES string of the molecule is CN1C(=O)[C@@H](C(=O)O)c2ccc(Cl)cc21. The predicted molar refractivity (Wildman–Crippen MR) is 55.2 cm³/mol. The van der Waals surface area contributed by atoms with Gasteiger partial charge in [-0.05, 0) is 17.7 Å². The molecule has 1 heterocycles. The number of amides is 1. The van der Waals surface area contributed by atoms with E-state index in [1.807, 2.05) is 0 Å². The number of carbonyl (C=O) groups is 2. The molecule has 0 radical (unpaired) electrons. The van der Waals surface area contributed by atoms with Crippen LogP contribution in [0.2, 0.25) is 5.02 Å². The first kappa shape index (κ1) is 9.98. The van der Waals surface area contributed by atoms with Crippen LogP contribution in [0.1, 0.15) is 11.5 Å². The number of hydrogen-bond acceptors (Lipinski definition) is 2. The van der Waals surface area contributed by atoms with Crippen LogP contribution in [0.3, 0.4) is 0 Å². The molecule has 5 heteroatoms. The summed E-state index contributed by atoms with van der Waals surface area (Å²) in [4.78, 5) is 23.9. The van der Waals surface area contributed by atoms with Crippen molar-refractivity contribution in [2.45, 2.75) is 5.92 Å². The molecule has 0 bridgehead atoms. The number of aliphatic carboxylic acids is 1. The number of carboxylic acids is 1. The number of carboxylic acid groups (broad SMARTS) is 1. The van der Waals surface area contributed by atoms with Gasteiger partial charge in [-0.15, -0.1) is 0 Å². The second kappa shape index (κ2) is 3.24. The van der Waals surface area contributed by atoms with E-state index in [4.69, 9.17) is 16.7 Å². The van der Waals surface area contributed by atoms with Crippen molar-refractivity contribution in [2.75, 3.05) is 11.9 Å². The fraction of sp³-hybridized carbons (Fsp3) is 0.200. The van der Waals surface area contributed by atoms with E-state index < -0.39 is 17.8 Å². The molecule has 1 aliphatic rings. The quantitative estimate of drug-likeness (QED) is 0.737. The normalized spacial score (nSPS) is 19.2. The maximum Gasteiger partial charge on any atom is 0.320 e. The van der Waals surface area contributed by atoms with Crippen molar-refractivity contribution in [1.29, 1.82) is 0 Å². The zero-order valence-corrected chi connectivity index (χ0v) is 8.65. The van der Waals surface area contributed by atoms with Gasteiger partial charge in [-0.1, -0.05) is 17.7 Å². The molecule has 78 valence electrons. The smallest absolute Gasteiger partial charge is 0.320 e. The van der Waals surface area contributed by atoms with Crippen molar-refractivity contribution in [3.8, 4) is 0 Å². The van der Waals surface area contributed by atoms with Gasteiger partial charge in [-0.2, -0.15) is 0 Å². The Morgan fingerprint density at radius 1 is 1.53 bits per heavy atom. The van der Waals surface area contributed by atoms with Gasteiger partial charge in [0, 0.05) is 17.8 Å². The molecule has 4 nitrogen and oxygen atoms in total. The van der Waals surface area contributed by atoms with E-state index in [-0.39, 0.29) is 0 Å². The van der Waals surface area contributed by atoms with Crippen LogP contribution in [0.5, 0.6) is 0 Å². The summed E-state index contributed by atoms with van der Waals surface area (Å²) >= 11 is 5.78. The molecule has 0 saturated carbocycles. The zero-order chi connectivity index (χ0) is 11.2. The maximum atomic E-state index is 11.6. The molecule has 1 N–H and O–H groups in total. The topological polar surface area (TPSA) is 57.6 Å². The Kier molecular flexibility index (Phi) is 2.16. The Balaban J connectivity index is 2.60. The van der Waals surface area contributed by atoms with Crippen molar-refractivity contribution in [1.82, 2.24) is 0 Å². The number of nitrogens with zero attached hydrogens (tertiary/aromatic N) is 1. The van der Waals surface area contributed by atoms with Gasteiger partial charge < -0.3 is 10.0 Å². The van der Waals surface area contributed by atoms with E-state index in [2.05, 4.69) is 0 Å². The molecule has 15 heavy (non-hydrogen) atoms. The summed E-state index contributed by atoms with van der Waals surface area (Å²) in [6.45, 7) is 0. The summed E-state index contributed by atoms with van der Waals surface area (Å²) in [5.74, 6) is -2.66. The maximum absolute atomic E-state index is 11.6. The summed E-state index contributed by atoms with van der Waals surface area (Å²) in [7, 11) is 1.54. The molecule has 1 amide bonds. The van der Waals surface area contributed by atoms with Crippen molar-refractivity contribution in [3.63, 3.8) is 0 Å². The number of fused-ring (bicyclic) bond motifs is 1. The van der Waals surface area contributed by atoms with Crippen LogP contribution in [-0.2, 0) is 9.59 Å². The number of hydrogen-bond donors (Lipinski definition) is 1. The standard InChI is InChI=1S/C10H8ClNO3/c1-12-7-4-5(11)2-3-6(7)8(9(12)13)10(14)15/h2-4,8H,1H3,(H,14,15)/t8-/m0/s1. The van der Waals surface area contributed by atoms with Crippen LogP contribution in [0.15, 0.2) is 18.2 Å². The molecule has 0 fully saturated rings. The second-order valence-corrected chi connectivity index (χ2v) is 3.81. The van der Waals surface area contributed by atoms with E-state index in [1.165, 1.54) is 4.90 Å². The largest absolute Gasteiger partial charge is 0.480 e. The lowest BCUT2D eigenvalue weighted by Gasteiger charge is -2.09. The van der Waals surface area contributed by atoms with Gasteiger partial charge >= 0.3 is 5.97 Å². The lowest BCUT2D eigenvalue weighted by atomic mass is 10.0. The zero-order valence-electron chi connectivity index (χ0n) is 7.90. The number of anilines is 1. The third-order valence-corrected chi connectivity index (χ3v) is 2.72. The molecule has 0 unspecified atom stereocenters. The summed E-state index contributed by atoms with van der Waals surface area (Å²) < 4.78 is 0. The average Bonchev–Trinajstić information content (AvgIpc) is 2.41. The molecule has 0 spiro atoms. The summed E-state index contributed by atoms with van der Waals surface area (Å²) in [6, 6.07) is 4.76. The minimum Gasteiger partial charge on any atom is -0.480 e. The monoisotopic (exact) mass is 225 g/mol. The van der Waals surface area contributed by atoms with Gasteiger partial charge in [0.15, 0.2) is 5.92 Å².